The molecule has 0 saturated carbocycles. The first-order valence-corrected chi connectivity index (χ1v) is 9.64. The van der Waals surface area contributed by atoms with Crippen molar-refractivity contribution in [2.75, 3.05) is 18.4 Å². The second kappa shape index (κ2) is 10.5. The molecule has 29 heavy (non-hydrogen) atoms. The van der Waals surface area contributed by atoms with E-state index in [1.807, 2.05) is 48.5 Å². The molecule has 150 valence electrons. The Balaban J connectivity index is 1.40. The van der Waals surface area contributed by atoms with Crippen molar-refractivity contribution in [3.05, 3.63) is 99.1 Å². The fraction of sp³-hybridized carbons (Fsp3) is 0.182. The standard InChI is InChI=1S/C22H22ClN3O3/c23-22-7-2-1-5-18(22)16-29-21-6-3-4-17(14-21)15-24-12-13-25-19-8-10-20(11-9-19)26(27)28/h1-11,14,24-25H,12-13,15-16H2. The van der Waals surface area contributed by atoms with Crippen molar-refractivity contribution >= 4 is 23.0 Å². The lowest BCUT2D eigenvalue weighted by molar-refractivity contribution is -0.384. The summed E-state index contributed by atoms with van der Waals surface area (Å²) >= 11 is 6.16. The molecule has 2 N–H and O–H groups in total. The van der Waals surface area contributed by atoms with Gasteiger partial charge >= 0.3 is 0 Å². The van der Waals surface area contributed by atoms with Crippen LogP contribution in [0.5, 0.6) is 5.75 Å². The Kier molecular flexibility index (Phi) is 7.44. The molecule has 0 radical (unpaired) electrons. The van der Waals surface area contributed by atoms with Gasteiger partial charge in [0.1, 0.15) is 12.4 Å². The first-order valence-electron chi connectivity index (χ1n) is 9.26. The molecule has 7 heteroatoms. The van der Waals surface area contributed by atoms with Crippen molar-refractivity contribution < 1.29 is 9.66 Å². The van der Waals surface area contributed by atoms with E-state index >= 15 is 0 Å². The number of halogens is 1. The van der Waals surface area contributed by atoms with E-state index in [4.69, 9.17) is 16.3 Å². The predicted molar refractivity (Wildman–Crippen MR) is 116 cm³/mol. The summed E-state index contributed by atoms with van der Waals surface area (Å²) in [6, 6.07) is 22.0. The molecule has 3 rings (SSSR count). The van der Waals surface area contributed by atoms with Gasteiger partial charge in [-0.1, -0.05) is 41.9 Å². The molecule has 3 aromatic carbocycles. The molecular weight excluding hydrogens is 390 g/mol. The number of anilines is 1. The number of ether oxygens (including phenoxy) is 1. The van der Waals surface area contributed by atoms with Gasteiger partial charge in [-0.05, 0) is 35.9 Å². The zero-order valence-electron chi connectivity index (χ0n) is 15.8. The number of hydrogen-bond acceptors (Lipinski definition) is 5. The molecule has 0 aliphatic heterocycles. The van der Waals surface area contributed by atoms with Gasteiger partial charge in [0.15, 0.2) is 0 Å². The lowest BCUT2D eigenvalue weighted by Crippen LogP contribution is -2.21. The van der Waals surface area contributed by atoms with Crippen LogP contribution in [0, 0.1) is 10.1 Å². The number of hydrogen-bond donors (Lipinski definition) is 2. The fourth-order valence-electron chi connectivity index (χ4n) is 2.75. The van der Waals surface area contributed by atoms with Crippen LogP contribution in [0.1, 0.15) is 11.1 Å². The van der Waals surface area contributed by atoms with Crippen molar-refractivity contribution in [3.8, 4) is 5.75 Å². The summed E-state index contributed by atoms with van der Waals surface area (Å²) in [4.78, 5) is 10.3. The molecule has 0 aliphatic carbocycles. The molecule has 3 aromatic rings. The number of nitro groups is 1. The molecule has 0 heterocycles. The van der Waals surface area contributed by atoms with E-state index in [2.05, 4.69) is 10.6 Å². The Morgan fingerprint density at radius 2 is 1.76 bits per heavy atom. The Morgan fingerprint density at radius 1 is 0.966 bits per heavy atom. The van der Waals surface area contributed by atoms with Gasteiger partial charge in [-0.2, -0.15) is 0 Å². The van der Waals surface area contributed by atoms with Gasteiger partial charge in [0.25, 0.3) is 5.69 Å². The van der Waals surface area contributed by atoms with Crippen LogP contribution in [0.4, 0.5) is 11.4 Å². The van der Waals surface area contributed by atoms with Gasteiger partial charge in [0.05, 0.1) is 4.92 Å². The molecule has 0 spiro atoms. The van der Waals surface area contributed by atoms with Gasteiger partial charge in [-0.15, -0.1) is 0 Å². The molecule has 0 amide bonds. The first-order chi connectivity index (χ1) is 14.1. The maximum absolute atomic E-state index is 10.7. The average Bonchev–Trinajstić information content (AvgIpc) is 2.73. The number of benzene rings is 3. The quantitative estimate of drug-likeness (QED) is 0.278. The van der Waals surface area contributed by atoms with Crippen molar-refractivity contribution in [2.45, 2.75) is 13.2 Å². The van der Waals surface area contributed by atoms with Gasteiger partial charge < -0.3 is 15.4 Å². The van der Waals surface area contributed by atoms with Crippen molar-refractivity contribution in [1.82, 2.24) is 5.32 Å². The topological polar surface area (TPSA) is 76.4 Å². The predicted octanol–water partition coefficient (Wildman–Crippen LogP) is 5.03. The fourth-order valence-corrected chi connectivity index (χ4v) is 2.94. The summed E-state index contributed by atoms with van der Waals surface area (Å²) in [7, 11) is 0. The summed E-state index contributed by atoms with van der Waals surface area (Å²) in [5.41, 5.74) is 3.02. The molecule has 0 atom stereocenters. The smallest absolute Gasteiger partial charge is 0.269 e. The number of rotatable bonds is 10. The SMILES string of the molecule is O=[N+]([O-])c1ccc(NCCNCc2cccc(OCc3ccccc3Cl)c2)cc1. The summed E-state index contributed by atoms with van der Waals surface area (Å²) in [5.74, 6) is 0.799. The van der Waals surface area contributed by atoms with E-state index in [1.165, 1.54) is 12.1 Å². The van der Waals surface area contributed by atoms with E-state index < -0.39 is 4.92 Å². The molecular formula is C22H22ClN3O3. The van der Waals surface area contributed by atoms with Gasteiger partial charge in [0.2, 0.25) is 0 Å². The van der Waals surface area contributed by atoms with Crippen molar-refractivity contribution in [1.29, 1.82) is 0 Å². The Hall–Kier alpha value is -3.09. The lowest BCUT2D eigenvalue weighted by atomic mass is 10.2. The maximum atomic E-state index is 10.7. The minimum absolute atomic E-state index is 0.0883. The van der Waals surface area contributed by atoms with Crippen LogP contribution < -0.4 is 15.4 Å². The van der Waals surface area contributed by atoms with E-state index in [9.17, 15) is 10.1 Å². The van der Waals surface area contributed by atoms with Crippen LogP contribution in [0.3, 0.4) is 0 Å². The zero-order chi connectivity index (χ0) is 20.5. The minimum Gasteiger partial charge on any atom is -0.489 e. The van der Waals surface area contributed by atoms with E-state index in [-0.39, 0.29) is 5.69 Å². The molecule has 0 bridgehead atoms. The molecule has 0 unspecified atom stereocenters. The normalized spacial score (nSPS) is 10.5. The van der Waals surface area contributed by atoms with Gasteiger partial charge in [-0.25, -0.2) is 0 Å². The molecule has 0 fully saturated rings. The van der Waals surface area contributed by atoms with Crippen molar-refractivity contribution in [3.63, 3.8) is 0 Å². The highest BCUT2D eigenvalue weighted by molar-refractivity contribution is 6.31. The third kappa shape index (κ3) is 6.48. The number of nitrogens with zero attached hydrogens (tertiary/aromatic N) is 1. The van der Waals surface area contributed by atoms with Crippen LogP contribution in [0.25, 0.3) is 0 Å². The number of nitro benzene ring substituents is 1. The lowest BCUT2D eigenvalue weighted by Gasteiger charge is -2.10. The van der Waals surface area contributed by atoms with Crippen molar-refractivity contribution in [2.24, 2.45) is 0 Å². The van der Waals surface area contributed by atoms with E-state index in [0.29, 0.717) is 24.7 Å². The monoisotopic (exact) mass is 411 g/mol. The summed E-state index contributed by atoms with van der Waals surface area (Å²) < 4.78 is 5.85. The zero-order valence-corrected chi connectivity index (χ0v) is 16.6. The highest BCUT2D eigenvalue weighted by Gasteiger charge is 2.04. The summed E-state index contributed by atoms with van der Waals surface area (Å²) in [6.45, 7) is 2.60. The Morgan fingerprint density at radius 3 is 2.52 bits per heavy atom. The summed E-state index contributed by atoms with van der Waals surface area (Å²) in [6.07, 6.45) is 0. The second-order valence-corrected chi connectivity index (χ2v) is 6.84. The molecule has 0 aliphatic rings. The Labute approximate surface area is 174 Å². The minimum atomic E-state index is -0.405. The highest BCUT2D eigenvalue weighted by Crippen LogP contribution is 2.19. The summed E-state index contributed by atoms with van der Waals surface area (Å²) in [5, 5.41) is 18.0. The van der Waals surface area contributed by atoms with Crippen LogP contribution >= 0.6 is 11.6 Å². The number of nitrogens with one attached hydrogen (secondary N) is 2. The molecule has 6 nitrogen and oxygen atoms in total. The van der Waals surface area contributed by atoms with Crippen LogP contribution in [-0.2, 0) is 13.2 Å². The molecule has 0 aromatic heterocycles. The number of non-ortho nitro benzene ring substituents is 1. The van der Waals surface area contributed by atoms with E-state index in [1.54, 1.807) is 12.1 Å². The molecule has 0 saturated heterocycles. The van der Waals surface area contributed by atoms with Crippen LogP contribution in [0.15, 0.2) is 72.8 Å². The highest BCUT2D eigenvalue weighted by atomic mass is 35.5. The first kappa shape index (κ1) is 20.6. The van der Waals surface area contributed by atoms with Crippen LogP contribution in [0.2, 0.25) is 5.02 Å². The van der Waals surface area contributed by atoms with E-state index in [0.717, 1.165) is 29.1 Å². The Bertz CT molecular complexity index is 948. The van der Waals surface area contributed by atoms with Crippen LogP contribution in [-0.4, -0.2) is 18.0 Å². The van der Waals surface area contributed by atoms with Gasteiger partial charge in [-0.3, -0.25) is 10.1 Å². The second-order valence-electron chi connectivity index (χ2n) is 6.44. The largest absolute Gasteiger partial charge is 0.489 e. The van der Waals surface area contributed by atoms with Gasteiger partial charge in [0, 0.05) is 48.0 Å². The maximum Gasteiger partial charge on any atom is 0.269 e. The third-order valence-corrected chi connectivity index (χ3v) is 4.66. The average molecular weight is 412 g/mol. The third-order valence-electron chi connectivity index (χ3n) is 4.29.